The summed E-state index contributed by atoms with van der Waals surface area (Å²) < 4.78 is 29.3. The summed E-state index contributed by atoms with van der Waals surface area (Å²) in [5.74, 6) is 0.288. The maximum Gasteiger partial charge on any atom is 0.272 e. The number of benzene rings is 1. The molecule has 0 aliphatic heterocycles. The van der Waals surface area contributed by atoms with Gasteiger partial charge in [0.05, 0.1) is 6.61 Å². The van der Waals surface area contributed by atoms with E-state index in [1.165, 1.54) is 6.07 Å². The Hall–Kier alpha value is -0.680. The number of rotatable bonds is 4. The number of alkyl halides is 2. The summed E-state index contributed by atoms with van der Waals surface area (Å²) in [5, 5.41) is 8.92. The van der Waals surface area contributed by atoms with Crippen molar-refractivity contribution in [3.8, 4) is 5.75 Å². The SMILES string of the molecule is OCc1cc(Br)ccc1OCC(F)F. The van der Waals surface area contributed by atoms with Crippen molar-refractivity contribution >= 4 is 15.9 Å². The van der Waals surface area contributed by atoms with E-state index < -0.39 is 13.0 Å². The Labute approximate surface area is 88.6 Å². The Bertz CT molecular complexity index is 305. The first-order valence-corrected chi connectivity index (χ1v) is 4.73. The first-order valence-electron chi connectivity index (χ1n) is 3.93. The highest BCUT2D eigenvalue weighted by molar-refractivity contribution is 9.10. The lowest BCUT2D eigenvalue weighted by Gasteiger charge is -2.09. The van der Waals surface area contributed by atoms with Crippen LogP contribution in [0.25, 0.3) is 0 Å². The minimum atomic E-state index is -2.51. The zero-order chi connectivity index (χ0) is 10.6. The molecule has 14 heavy (non-hydrogen) atoms. The predicted molar refractivity (Wildman–Crippen MR) is 51.6 cm³/mol. The second kappa shape index (κ2) is 5.26. The van der Waals surface area contributed by atoms with Crippen LogP contribution in [0.3, 0.4) is 0 Å². The van der Waals surface area contributed by atoms with E-state index in [2.05, 4.69) is 15.9 Å². The maximum absolute atomic E-state index is 11.8. The topological polar surface area (TPSA) is 29.5 Å². The van der Waals surface area contributed by atoms with Gasteiger partial charge in [0.15, 0.2) is 0 Å². The molecule has 2 nitrogen and oxygen atoms in total. The Balaban J connectivity index is 2.75. The van der Waals surface area contributed by atoms with Gasteiger partial charge in [-0.2, -0.15) is 0 Å². The molecule has 0 atom stereocenters. The van der Waals surface area contributed by atoms with Gasteiger partial charge < -0.3 is 9.84 Å². The molecule has 0 heterocycles. The lowest BCUT2D eigenvalue weighted by Crippen LogP contribution is -2.08. The highest BCUT2D eigenvalue weighted by atomic mass is 79.9. The zero-order valence-corrected chi connectivity index (χ0v) is 8.80. The highest BCUT2D eigenvalue weighted by Crippen LogP contribution is 2.23. The van der Waals surface area contributed by atoms with Crippen molar-refractivity contribution in [2.75, 3.05) is 6.61 Å². The van der Waals surface area contributed by atoms with Gasteiger partial charge in [0.2, 0.25) is 0 Å². The van der Waals surface area contributed by atoms with Gasteiger partial charge in [-0.15, -0.1) is 0 Å². The fourth-order valence-corrected chi connectivity index (χ4v) is 1.37. The van der Waals surface area contributed by atoms with Gasteiger partial charge in [0.25, 0.3) is 6.43 Å². The molecule has 1 N–H and O–H groups in total. The van der Waals surface area contributed by atoms with Crippen LogP contribution in [0.4, 0.5) is 8.78 Å². The molecule has 0 spiro atoms. The Kier molecular flexibility index (Phi) is 4.28. The molecule has 0 aliphatic carbocycles. The van der Waals surface area contributed by atoms with E-state index in [1.54, 1.807) is 12.1 Å². The summed E-state index contributed by atoms with van der Waals surface area (Å²) in [6.45, 7) is -0.896. The number of halogens is 3. The summed E-state index contributed by atoms with van der Waals surface area (Å²) in [6.07, 6.45) is -2.51. The third-order valence-electron chi connectivity index (χ3n) is 1.56. The fourth-order valence-electron chi connectivity index (χ4n) is 0.965. The molecule has 1 aromatic rings. The smallest absolute Gasteiger partial charge is 0.272 e. The molecule has 78 valence electrons. The molecule has 5 heteroatoms. The van der Waals surface area contributed by atoms with Crippen molar-refractivity contribution in [2.45, 2.75) is 13.0 Å². The third kappa shape index (κ3) is 3.23. The monoisotopic (exact) mass is 266 g/mol. The molecule has 0 radical (unpaired) electrons. The number of hydrogen-bond donors (Lipinski definition) is 1. The maximum atomic E-state index is 11.8. The van der Waals surface area contributed by atoms with Crippen molar-refractivity contribution in [3.63, 3.8) is 0 Å². The normalized spacial score (nSPS) is 10.6. The summed E-state index contributed by atoms with van der Waals surface area (Å²) in [4.78, 5) is 0. The number of hydrogen-bond acceptors (Lipinski definition) is 2. The van der Waals surface area contributed by atoms with Crippen LogP contribution in [0.15, 0.2) is 22.7 Å². The Morgan fingerprint density at radius 1 is 1.43 bits per heavy atom. The Morgan fingerprint density at radius 2 is 2.14 bits per heavy atom. The molecular formula is C9H9BrF2O2. The van der Waals surface area contributed by atoms with Crippen LogP contribution in [-0.2, 0) is 6.61 Å². The van der Waals surface area contributed by atoms with Crippen LogP contribution in [0, 0.1) is 0 Å². The van der Waals surface area contributed by atoms with Crippen molar-refractivity contribution in [2.24, 2.45) is 0 Å². The van der Waals surface area contributed by atoms with Gasteiger partial charge >= 0.3 is 0 Å². The zero-order valence-electron chi connectivity index (χ0n) is 7.21. The average molecular weight is 267 g/mol. The van der Waals surface area contributed by atoms with E-state index in [4.69, 9.17) is 9.84 Å². The van der Waals surface area contributed by atoms with Crippen molar-refractivity contribution in [3.05, 3.63) is 28.2 Å². The van der Waals surface area contributed by atoms with Gasteiger partial charge in [0, 0.05) is 10.0 Å². The Morgan fingerprint density at radius 3 is 2.71 bits per heavy atom. The van der Waals surface area contributed by atoms with Gasteiger partial charge in [-0.05, 0) is 18.2 Å². The summed E-state index contributed by atoms with van der Waals surface area (Å²) in [6, 6.07) is 4.83. The minimum Gasteiger partial charge on any atom is -0.487 e. The van der Waals surface area contributed by atoms with Gasteiger partial charge in [-0.1, -0.05) is 15.9 Å². The van der Waals surface area contributed by atoms with Crippen molar-refractivity contribution < 1.29 is 18.6 Å². The second-order valence-electron chi connectivity index (χ2n) is 2.61. The standard InChI is InChI=1S/C9H9BrF2O2/c10-7-1-2-8(6(3-7)4-13)14-5-9(11)12/h1-3,9,13H,4-5H2. The average Bonchev–Trinajstić information content (AvgIpc) is 2.15. The molecule has 0 amide bonds. The molecule has 0 saturated heterocycles. The van der Waals surface area contributed by atoms with Crippen LogP contribution < -0.4 is 4.74 Å². The fraction of sp³-hybridized carbons (Fsp3) is 0.333. The second-order valence-corrected chi connectivity index (χ2v) is 3.53. The molecule has 0 saturated carbocycles. The number of aliphatic hydroxyl groups excluding tert-OH is 1. The molecule has 0 aliphatic rings. The van der Waals surface area contributed by atoms with Gasteiger partial charge in [-0.3, -0.25) is 0 Å². The molecule has 0 bridgehead atoms. The molecule has 1 aromatic carbocycles. The first kappa shape index (κ1) is 11.4. The van der Waals surface area contributed by atoms with E-state index >= 15 is 0 Å². The highest BCUT2D eigenvalue weighted by Gasteiger charge is 2.07. The van der Waals surface area contributed by atoms with E-state index in [1.807, 2.05) is 0 Å². The molecule has 0 unspecified atom stereocenters. The van der Waals surface area contributed by atoms with Crippen LogP contribution in [0.1, 0.15) is 5.56 Å². The van der Waals surface area contributed by atoms with Crippen LogP contribution >= 0.6 is 15.9 Å². The van der Waals surface area contributed by atoms with Crippen LogP contribution in [0.5, 0.6) is 5.75 Å². The summed E-state index contributed by atoms with van der Waals surface area (Å²) in [5.41, 5.74) is 0.486. The molecule has 0 aromatic heterocycles. The largest absolute Gasteiger partial charge is 0.487 e. The van der Waals surface area contributed by atoms with Crippen molar-refractivity contribution in [1.82, 2.24) is 0 Å². The quantitative estimate of drug-likeness (QED) is 0.908. The van der Waals surface area contributed by atoms with Crippen molar-refractivity contribution in [1.29, 1.82) is 0 Å². The lowest BCUT2D eigenvalue weighted by molar-refractivity contribution is 0.0806. The molecular weight excluding hydrogens is 258 g/mol. The molecule has 1 rings (SSSR count). The third-order valence-corrected chi connectivity index (χ3v) is 2.05. The van der Waals surface area contributed by atoms with E-state index in [0.29, 0.717) is 5.56 Å². The number of ether oxygens (including phenoxy) is 1. The van der Waals surface area contributed by atoms with Crippen LogP contribution in [-0.4, -0.2) is 18.1 Å². The molecule has 0 fully saturated rings. The van der Waals surface area contributed by atoms with Crippen LogP contribution in [0.2, 0.25) is 0 Å². The lowest BCUT2D eigenvalue weighted by atomic mass is 10.2. The van der Waals surface area contributed by atoms with E-state index in [0.717, 1.165) is 4.47 Å². The van der Waals surface area contributed by atoms with E-state index in [9.17, 15) is 8.78 Å². The van der Waals surface area contributed by atoms with Gasteiger partial charge in [0.1, 0.15) is 12.4 Å². The summed E-state index contributed by atoms with van der Waals surface area (Å²) >= 11 is 3.20. The minimum absolute atomic E-state index is 0.238. The number of aliphatic hydroxyl groups is 1. The first-order chi connectivity index (χ1) is 6.63. The van der Waals surface area contributed by atoms with Gasteiger partial charge in [-0.25, -0.2) is 8.78 Å². The summed E-state index contributed by atoms with van der Waals surface area (Å²) in [7, 11) is 0. The van der Waals surface area contributed by atoms with E-state index in [-0.39, 0.29) is 12.4 Å². The predicted octanol–water partition coefficient (Wildman–Crippen LogP) is 2.59.